The molecule has 1 saturated heterocycles. The van der Waals surface area contributed by atoms with E-state index < -0.39 is 17.8 Å². The first-order valence-electron chi connectivity index (χ1n) is 6.90. The zero-order valence-corrected chi connectivity index (χ0v) is 12.9. The second-order valence-electron chi connectivity index (χ2n) is 5.26. The predicted molar refractivity (Wildman–Crippen MR) is 77.6 cm³/mol. The summed E-state index contributed by atoms with van der Waals surface area (Å²) in [6.45, 7) is 0.698. The van der Waals surface area contributed by atoms with Crippen LogP contribution in [0.25, 0.3) is 0 Å². The van der Waals surface area contributed by atoms with Gasteiger partial charge in [0.05, 0.1) is 12.5 Å². The van der Waals surface area contributed by atoms with Gasteiger partial charge < -0.3 is 19.3 Å². The van der Waals surface area contributed by atoms with Crippen molar-refractivity contribution >= 4 is 29.4 Å². The number of nitrogens with zero attached hydrogens (tertiary/aromatic N) is 2. The molecule has 8 heteroatoms. The Kier molecular flexibility index (Phi) is 5.07. The molecule has 0 radical (unpaired) electrons. The van der Waals surface area contributed by atoms with Crippen molar-refractivity contribution < 1.29 is 23.9 Å². The van der Waals surface area contributed by atoms with E-state index in [1.807, 2.05) is 0 Å². The molecule has 2 heterocycles. The summed E-state index contributed by atoms with van der Waals surface area (Å²) in [5, 5.41) is 9.04. The van der Waals surface area contributed by atoms with Crippen LogP contribution in [-0.4, -0.2) is 59.4 Å². The number of likely N-dealkylation sites (N-methyl/N-ethyl adjacent to an activating group) is 1. The Morgan fingerprint density at radius 1 is 1.36 bits per heavy atom. The molecule has 1 aromatic rings. The highest BCUT2D eigenvalue weighted by atomic mass is 35.5. The summed E-state index contributed by atoms with van der Waals surface area (Å²) in [7, 11) is 1.50. The van der Waals surface area contributed by atoms with Gasteiger partial charge in [-0.2, -0.15) is 0 Å². The fourth-order valence-electron chi connectivity index (χ4n) is 2.37. The highest BCUT2D eigenvalue weighted by Crippen LogP contribution is 2.18. The molecule has 0 bridgehead atoms. The Morgan fingerprint density at radius 2 is 2.00 bits per heavy atom. The van der Waals surface area contributed by atoms with Gasteiger partial charge in [-0.1, -0.05) is 0 Å². The lowest BCUT2D eigenvalue weighted by molar-refractivity contribution is -0.145. The van der Waals surface area contributed by atoms with Crippen molar-refractivity contribution in [2.24, 2.45) is 5.92 Å². The third kappa shape index (κ3) is 3.79. The molecule has 0 atom stereocenters. The van der Waals surface area contributed by atoms with E-state index in [2.05, 4.69) is 0 Å². The number of piperidine rings is 1. The maximum absolute atomic E-state index is 12.2. The Hall–Kier alpha value is -2.02. The molecule has 0 aromatic carbocycles. The molecule has 0 spiro atoms. The first kappa shape index (κ1) is 16.4. The molecule has 0 saturated carbocycles. The van der Waals surface area contributed by atoms with Gasteiger partial charge >= 0.3 is 5.97 Å². The van der Waals surface area contributed by atoms with Crippen LogP contribution < -0.4 is 0 Å². The monoisotopic (exact) mass is 328 g/mol. The lowest BCUT2D eigenvalue weighted by atomic mass is 9.97. The Morgan fingerprint density at radius 3 is 2.50 bits per heavy atom. The van der Waals surface area contributed by atoms with E-state index in [0.717, 1.165) is 0 Å². The van der Waals surface area contributed by atoms with Crippen LogP contribution in [0.5, 0.6) is 0 Å². The van der Waals surface area contributed by atoms with Gasteiger partial charge in [-0.25, -0.2) is 0 Å². The molecule has 120 valence electrons. The molecule has 2 rings (SSSR count). The molecule has 1 N–H and O–H groups in total. The summed E-state index contributed by atoms with van der Waals surface area (Å²) < 4.78 is 5.02. The zero-order valence-electron chi connectivity index (χ0n) is 12.1. The third-order valence-electron chi connectivity index (χ3n) is 3.70. The molecule has 0 aliphatic carbocycles. The molecule has 2 amide bonds. The maximum Gasteiger partial charge on any atom is 0.306 e. The van der Waals surface area contributed by atoms with Crippen LogP contribution in [0.1, 0.15) is 23.4 Å². The largest absolute Gasteiger partial charge is 0.481 e. The molecule has 1 aliphatic rings. The van der Waals surface area contributed by atoms with E-state index in [1.54, 1.807) is 4.90 Å². The van der Waals surface area contributed by atoms with Gasteiger partial charge in [0.15, 0.2) is 11.0 Å². The number of furan rings is 1. The number of likely N-dealkylation sites (tertiary alicyclic amines) is 1. The summed E-state index contributed by atoms with van der Waals surface area (Å²) in [6, 6.07) is 2.91. The van der Waals surface area contributed by atoms with Crippen molar-refractivity contribution in [1.29, 1.82) is 0 Å². The summed E-state index contributed by atoms with van der Waals surface area (Å²) in [6.07, 6.45) is 0.874. The van der Waals surface area contributed by atoms with Gasteiger partial charge in [-0.3, -0.25) is 14.4 Å². The van der Waals surface area contributed by atoms with Crippen LogP contribution in [0.3, 0.4) is 0 Å². The topological polar surface area (TPSA) is 91.1 Å². The summed E-state index contributed by atoms with van der Waals surface area (Å²) in [4.78, 5) is 37.9. The number of hydrogen-bond donors (Lipinski definition) is 1. The highest BCUT2D eigenvalue weighted by molar-refractivity contribution is 6.29. The van der Waals surface area contributed by atoms with Gasteiger partial charge in [-0.05, 0) is 36.6 Å². The Balaban J connectivity index is 1.87. The number of amides is 2. The van der Waals surface area contributed by atoms with Crippen LogP contribution in [0, 0.1) is 5.92 Å². The minimum Gasteiger partial charge on any atom is -0.481 e. The lowest BCUT2D eigenvalue weighted by Gasteiger charge is -2.31. The molecule has 1 fully saturated rings. The molecule has 0 unspecified atom stereocenters. The molecule has 22 heavy (non-hydrogen) atoms. The van der Waals surface area contributed by atoms with E-state index in [0.29, 0.717) is 25.9 Å². The smallest absolute Gasteiger partial charge is 0.306 e. The fourth-order valence-corrected chi connectivity index (χ4v) is 2.51. The van der Waals surface area contributed by atoms with E-state index >= 15 is 0 Å². The van der Waals surface area contributed by atoms with Crippen molar-refractivity contribution in [2.75, 3.05) is 26.7 Å². The second kappa shape index (κ2) is 6.83. The summed E-state index contributed by atoms with van der Waals surface area (Å²) in [5.41, 5.74) is 0. The molecule has 1 aliphatic heterocycles. The fraction of sp³-hybridized carbons (Fsp3) is 0.500. The van der Waals surface area contributed by atoms with E-state index in [1.165, 1.54) is 24.1 Å². The number of aliphatic carboxylic acids is 1. The molecule has 1 aromatic heterocycles. The van der Waals surface area contributed by atoms with Crippen molar-refractivity contribution in [3.05, 3.63) is 23.1 Å². The van der Waals surface area contributed by atoms with Crippen LogP contribution in [0.2, 0.25) is 5.22 Å². The maximum atomic E-state index is 12.2. The average molecular weight is 329 g/mol. The quantitative estimate of drug-likeness (QED) is 0.900. The highest BCUT2D eigenvalue weighted by Gasteiger charge is 2.28. The average Bonchev–Trinajstić information content (AvgIpc) is 2.92. The minimum atomic E-state index is -0.825. The number of halogens is 1. The van der Waals surface area contributed by atoms with Crippen molar-refractivity contribution in [1.82, 2.24) is 9.80 Å². The number of hydrogen-bond acceptors (Lipinski definition) is 4. The number of carbonyl (C=O) groups is 3. The zero-order chi connectivity index (χ0) is 16.3. The number of rotatable bonds is 4. The van der Waals surface area contributed by atoms with Crippen LogP contribution in [0.4, 0.5) is 0 Å². The molecular formula is C14H17ClN2O5. The van der Waals surface area contributed by atoms with Gasteiger partial charge in [-0.15, -0.1) is 0 Å². The van der Waals surface area contributed by atoms with Crippen molar-refractivity contribution in [3.8, 4) is 0 Å². The first-order valence-corrected chi connectivity index (χ1v) is 7.27. The van der Waals surface area contributed by atoms with E-state index in [4.69, 9.17) is 21.1 Å². The minimum absolute atomic E-state index is 0.0740. The van der Waals surface area contributed by atoms with Crippen LogP contribution >= 0.6 is 11.6 Å². The van der Waals surface area contributed by atoms with Crippen LogP contribution in [-0.2, 0) is 9.59 Å². The Bertz CT molecular complexity index is 578. The summed E-state index contributed by atoms with van der Waals surface area (Å²) in [5.74, 6) is -1.79. The normalized spacial score (nSPS) is 15.6. The van der Waals surface area contributed by atoms with Crippen LogP contribution in [0.15, 0.2) is 16.5 Å². The van der Waals surface area contributed by atoms with Gasteiger partial charge in [0.1, 0.15) is 0 Å². The second-order valence-corrected chi connectivity index (χ2v) is 5.63. The standard InChI is InChI=1S/C14H17ClN2O5/c1-16(13(19)10-2-3-11(15)22-10)8-12(18)17-6-4-9(5-7-17)14(20)21/h2-3,9H,4-8H2,1H3,(H,20,21). The Labute approximate surface area is 132 Å². The molecular weight excluding hydrogens is 312 g/mol. The van der Waals surface area contributed by atoms with Crippen molar-refractivity contribution in [2.45, 2.75) is 12.8 Å². The van der Waals surface area contributed by atoms with E-state index in [-0.39, 0.29) is 23.4 Å². The molecule has 7 nitrogen and oxygen atoms in total. The predicted octanol–water partition coefficient (Wildman–Crippen LogP) is 1.33. The van der Waals surface area contributed by atoms with E-state index in [9.17, 15) is 14.4 Å². The third-order valence-corrected chi connectivity index (χ3v) is 3.90. The number of carboxylic acids is 1. The van der Waals surface area contributed by atoms with Gasteiger partial charge in [0.2, 0.25) is 5.91 Å². The lowest BCUT2D eigenvalue weighted by Crippen LogP contribution is -2.45. The van der Waals surface area contributed by atoms with Crippen molar-refractivity contribution in [3.63, 3.8) is 0 Å². The first-order chi connectivity index (χ1) is 10.4. The number of carbonyl (C=O) groups excluding carboxylic acids is 2. The summed E-state index contributed by atoms with van der Waals surface area (Å²) >= 11 is 5.62. The SMILES string of the molecule is CN(CC(=O)N1CCC(C(=O)O)CC1)C(=O)c1ccc(Cl)o1. The number of carboxylic acid groups (broad SMARTS) is 1. The van der Waals surface area contributed by atoms with Gasteiger partial charge in [0, 0.05) is 20.1 Å². The van der Waals surface area contributed by atoms with Gasteiger partial charge in [0.25, 0.3) is 5.91 Å².